The third-order valence-electron chi connectivity index (χ3n) is 2.44. The zero-order valence-corrected chi connectivity index (χ0v) is 6.84. The van der Waals surface area contributed by atoms with Gasteiger partial charge in [0.2, 0.25) is 0 Å². The van der Waals surface area contributed by atoms with Crippen molar-refractivity contribution in [1.29, 1.82) is 0 Å². The summed E-state index contributed by atoms with van der Waals surface area (Å²) in [6.45, 7) is 0. The number of aromatic amines is 1. The molecule has 0 saturated carbocycles. The average molecular weight is 174 g/mol. The third kappa shape index (κ3) is 0.840. The standard InChI is InChI=1S/C10H7FN2/c11-8-1-2-9-6(4-8)3-7-5-12-13-10(7)9/h1-2,4-5H,3H2,(H,12,13). The molecule has 2 aromatic rings. The van der Waals surface area contributed by atoms with Crippen LogP contribution in [0.2, 0.25) is 0 Å². The average Bonchev–Trinajstić information content (AvgIpc) is 2.62. The third-order valence-corrected chi connectivity index (χ3v) is 2.44. The van der Waals surface area contributed by atoms with E-state index in [-0.39, 0.29) is 5.82 Å². The van der Waals surface area contributed by atoms with Gasteiger partial charge >= 0.3 is 0 Å². The lowest BCUT2D eigenvalue weighted by molar-refractivity contribution is 0.626. The van der Waals surface area contributed by atoms with Crippen molar-refractivity contribution in [1.82, 2.24) is 10.2 Å². The zero-order valence-electron chi connectivity index (χ0n) is 6.84. The van der Waals surface area contributed by atoms with Crippen molar-refractivity contribution in [3.05, 3.63) is 41.3 Å². The molecule has 13 heavy (non-hydrogen) atoms. The van der Waals surface area contributed by atoms with Crippen LogP contribution in [-0.4, -0.2) is 10.2 Å². The second-order valence-corrected chi connectivity index (χ2v) is 3.25. The molecule has 3 heteroatoms. The fourth-order valence-corrected chi connectivity index (χ4v) is 1.84. The lowest BCUT2D eigenvalue weighted by Crippen LogP contribution is -1.83. The van der Waals surface area contributed by atoms with E-state index in [2.05, 4.69) is 10.2 Å². The Kier molecular flexibility index (Phi) is 1.15. The molecule has 0 spiro atoms. The van der Waals surface area contributed by atoms with E-state index in [9.17, 15) is 4.39 Å². The van der Waals surface area contributed by atoms with Crippen LogP contribution in [-0.2, 0) is 6.42 Å². The second-order valence-electron chi connectivity index (χ2n) is 3.25. The quantitative estimate of drug-likeness (QED) is 0.555. The van der Waals surface area contributed by atoms with Crippen LogP contribution < -0.4 is 0 Å². The highest BCUT2D eigenvalue weighted by Crippen LogP contribution is 2.34. The van der Waals surface area contributed by atoms with Crippen LogP contribution in [0.25, 0.3) is 11.3 Å². The number of hydrogen-bond acceptors (Lipinski definition) is 1. The van der Waals surface area contributed by atoms with Crippen molar-refractivity contribution >= 4 is 0 Å². The summed E-state index contributed by atoms with van der Waals surface area (Å²) >= 11 is 0. The number of nitrogens with one attached hydrogen (secondary N) is 1. The summed E-state index contributed by atoms with van der Waals surface area (Å²) in [5.74, 6) is -0.170. The van der Waals surface area contributed by atoms with Gasteiger partial charge in [0.1, 0.15) is 5.82 Å². The van der Waals surface area contributed by atoms with Crippen LogP contribution in [0.3, 0.4) is 0 Å². The van der Waals surface area contributed by atoms with Gasteiger partial charge in [0.15, 0.2) is 0 Å². The molecular weight excluding hydrogens is 167 g/mol. The van der Waals surface area contributed by atoms with Gasteiger partial charge in [0.25, 0.3) is 0 Å². The monoisotopic (exact) mass is 174 g/mol. The molecule has 1 aliphatic carbocycles. The van der Waals surface area contributed by atoms with Crippen LogP contribution in [0.5, 0.6) is 0 Å². The zero-order chi connectivity index (χ0) is 8.84. The highest BCUT2D eigenvalue weighted by atomic mass is 19.1. The summed E-state index contributed by atoms with van der Waals surface area (Å²) in [4.78, 5) is 0. The number of halogens is 1. The van der Waals surface area contributed by atoms with E-state index in [4.69, 9.17) is 0 Å². The van der Waals surface area contributed by atoms with Crippen LogP contribution in [0.4, 0.5) is 4.39 Å². The van der Waals surface area contributed by atoms with Crippen molar-refractivity contribution in [2.45, 2.75) is 6.42 Å². The van der Waals surface area contributed by atoms with Gasteiger partial charge in [-0.1, -0.05) is 0 Å². The molecule has 3 rings (SSSR count). The van der Waals surface area contributed by atoms with E-state index in [1.807, 2.05) is 0 Å². The topological polar surface area (TPSA) is 28.7 Å². The smallest absolute Gasteiger partial charge is 0.123 e. The van der Waals surface area contributed by atoms with Crippen molar-refractivity contribution in [3.63, 3.8) is 0 Å². The molecular formula is C10H7FN2. The molecule has 1 aromatic carbocycles. The van der Waals surface area contributed by atoms with Gasteiger partial charge in [-0.05, 0) is 23.8 Å². The maximum absolute atomic E-state index is 12.9. The van der Waals surface area contributed by atoms with Crippen LogP contribution >= 0.6 is 0 Å². The van der Waals surface area contributed by atoms with Crippen molar-refractivity contribution in [2.24, 2.45) is 0 Å². The van der Waals surface area contributed by atoms with Gasteiger partial charge in [-0.3, -0.25) is 5.10 Å². The number of aromatic nitrogens is 2. The van der Waals surface area contributed by atoms with Crippen molar-refractivity contribution < 1.29 is 4.39 Å². The maximum atomic E-state index is 12.9. The van der Waals surface area contributed by atoms with Gasteiger partial charge in [0.05, 0.1) is 11.9 Å². The highest BCUT2D eigenvalue weighted by Gasteiger charge is 2.19. The van der Waals surface area contributed by atoms with E-state index >= 15 is 0 Å². The van der Waals surface area contributed by atoms with E-state index in [1.165, 1.54) is 6.07 Å². The Labute approximate surface area is 74.4 Å². The Morgan fingerprint density at radius 3 is 3.15 bits per heavy atom. The molecule has 0 unspecified atom stereocenters. The fraction of sp³-hybridized carbons (Fsp3) is 0.100. The molecule has 0 bridgehead atoms. The van der Waals surface area contributed by atoms with E-state index in [1.54, 1.807) is 18.3 Å². The molecule has 1 N–H and O–H groups in total. The predicted octanol–water partition coefficient (Wildman–Crippen LogP) is 2.12. The largest absolute Gasteiger partial charge is 0.278 e. The number of fused-ring (bicyclic) bond motifs is 3. The van der Waals surface area contributed by atoms with Crippen LogP contribution in [0.15, 0.2) is 24.4 Å². The maximum Gasteiger partial charge on any atom is 0.123 e. The van der Waals surface area contributed by atoms with E-state index in [0.29, 0.717) is 0 Å². The highest BCUT2D eigenvalue weighted by molar-refractivity contribution is 5.72. The summed E-state index contributed by atoms with van der Waals surface area (Å²) in [5, 5.41) is 6.87. The molecule has 1 aromatic heterocycles. The van der Waals surface area contributed by atoms with Gasteiger partial charge in [-0.2, -0.15) is 5.10 Å². The lowest BCUT2D eigenvalue weighted by Gasteiger charge is -1.97. The summed E-state index contributed by atoms with van der Waals surface area (Å²) in [6.07, 6.45) is 2.59. The Hall–Kier alpha value is -1.64. The first-order valence-corrected chi connectivity index (χ1v) is 4.15. The molecule has 0 saturated heterocycles. The molecule has 2 nitrogen and oxygen atoms in total. The number of benzene rings is 1. The molecule has 64 valence electrons. The van der Waals surface area contributed by atoms with Gasteiger partial charge < -0.3 is 0 Å². The summed E-state index contributed by atoms with van der Waals surface area (Å²) in [7, 11) is 0. The Morgan fingerprint density at radius 1 is 1.31 bits per heavy atom. The molecule has 1 aliphatic rings. The molecule has 0 aliphatic heterocycles. The summed E-state index contributed by atoms with van der Waals surface area (Å²) in [5.41, 5.74) is 4.31. The number of rotatable bonds is 0. The van der Waals surface area contributed by atoms with Crippen LogP contribution in [0, 0.1) is 5.82 Å². The van der Waals surface area contributed by atoms with Crippen LogP contribution in [0.1, 0.15) is 11.1 Å². The fourth-order valence-electron chi connectivity index (χ4n) is 1.84. The van der Waals surface area contributed by atoms with E-state index < -0.39 is 0 Å². The molecule has 0 fully saturated rings. The SMILES string of the molecule is Fc1ccc2c(c1)Cc1cn[nH]c1-2. The van der Waals surface area contributed by atoms with Crippen molar-refractivity contribution in [3.8, 4) is 11.3 Å². The minimum absolute atomic E-state index is 0.170. The summed E-state index contributed by atoms with van der Waals surface area (Å²) < 4.78 is 12.9. The molecule has 0 amide bonds. The molecule has 1 heterocycles. The Balaban J connectivity index is 2.29. The Morgan fingerprint density at radius 2 is 2.23 bits per heavy atom. The number of hydrogen-bond donors (Lipinski definition) is 1. The molecule has 0 atom stereocenters. The first-order chi connectivity index (χ1) is 6.34. The Bertz CT molecular complexity index is 474. The van der Waals surface area contributed by atoms with Gasteiger partial charge in [-0.25, -0.2) is 4.39 Å². The normalized spacial score (nSPS) is 12.7. The first kappa shape index (κ1) is 6.83. The molecule has 0 radical (unpaired) electrons. The minimum atomic E-state index is -0.170. The predicted molar refractivity (Wildman–Crippen MR) is 46.8 cm³/mol. The van der Waals surface area contributed by atoms with Gasteiger partial charge in [0, 0.05) is 17.5 Å². The number of nitrogens with zero attached hydrogens (tertiary/aromatic N) is 1. The first-order valence-electron chi connectivity index (χ1n) is 4.15. The minimum Gasteiger partial charge on any atom is -0.278 e. The van der Waals surface area contributed by atoms with Crippen molar-refractivity contribution in [2.75, 3.05) is 0 Å². The van der Waals surface area contributed by atoms with E-state index in [0.717, 1.165) is 28.8 Å². The summed E-state index contributed by atoms with van der Waals surface area (Å²) in [6, 6.07) is 4.87. The lowest BCUT2D eigenvalue weighted by atomic mass is 10.1. The second kappa shape index (κ2) is 2.19. The van der Waals surface area contributed by atoms with Gasteiger partial charge in [-0.15, -0.1) is 0 Å². The number of H-pyrrole nitrogens is 1.